The molecule has 25 heavy (non-hydrogen) atoms. The van der Waals surface area contributed by atoms with Gasteiger partial charge in [-0.15, -0.1) is 0 Å². The summed E-state index contributed by atoms with van der Waals surface area (Å²) in [4.78, 5) is 7.56. The van der Waals surface area contributed by atoms with E-state index in [2.05, 4.69) is 9.97 Å². The second-order valence-electron chi connectivity index (χ2n) is 5.07. The maximum atomic E-state index is 13.4. The summed E-state index contributed by atoms with van der Waals surface area (Å²) in [5.41, 5.74) is -0.0937. The molecule has 0 unspecified atom stereocenters. The normalized spacial score (nSPS) is 13.9. The first-order chi connectivity index (χ1) is 11.7. The Labute approximate surface area is 145 Å². The van der Waals surface area contributed by atoms with Crippen LogP contribution in [0.4, 0.5) is 13.2 Å². The molecule has 1 atom stereocenters. The van der Waals surface area contributed by atoms with Crippen molar-refractivity contribution in [3.63, 3.8) is 0 Å². The fourth-order valence-corrected chi connectivity index (χ4v) is 3.44. The number of halogens is 4. The number of fused-ring (bicyclic) bond motifs is 1. The molecular formula is C14H10ClF3N4O2S. The largest absolute Gasteiger partial charge is 0.408 e. The minimum atomic E-state index is -4.85. The lowest BCUT2D eigenvalue weighted by molar-refractivity contribution is -0.153. The minimum absolute atomic E-state index is 0.193. The van der Waals surface area contributed by atoms with E-state index in [0.29, 0.717) is 0 Å². The summed E-state index contributed by atoms with van der Waals surface area (Å²) in [5, 5.41) is -0.302. The molecule has 3 aromatic rings. The Balaban J connectivity index is 1.99. The third kappa shape index (κ3) is 3.75. The van der Waals surface area contributed by atoms with Crippen molar-refractivity contribution in [3.8, 4) is 0 Å². The molecule has 0 radical (unpaired) electrons. The van der Waals surface area contributed by atoms with E-state index < -0.39 is 27.3 Å². The van der Waals surface area contributed by atoms with Crippen LogP contribution < -0.4 is 4.72 Å². The average molecular weight is 391 g/mol. The van der Waals surface area contributed by atoms with Crippen molar-refractivity contribution < 1.29 is 21.6 Å². The lowest BCUT2D eigenvalue weighted by Crippen LogP contribution is -2.38. The van der Waals surface area contributed by atoms with Crippen LogP contribution in [0.2, 0.25) is 5.02 Å². The van der Waals surface area contributed by atoms with Crippen molar-refractivity contribution in [1.82, 2.24) is 19.1 Å². The minimum Gasteiger partial charge on any atom is -0.303 e. The van der Waals surface area contributed by atoms with Gasteiger partial charge in [-0.05, 0) is 17.7 Å². The third-order valence-electron chi connectivity index (χ3n) is 3.32. The van der Waals surface area contributed by atoms with Gasteiger partial charge in [-0.3, -0.25) is 4.98 Å². The van der Waals surface area contributed by atoms with Crippen molar-refractivity contribution >= 4 is 27.3 Å². The number of nitrogens with one attached hydrogen (secondary N) is 1. The Hall–Kier alpha value is -2.17. The van der Waals surface area contributed by atoms with Crippen LogP contribution in [0.5, 0.6) is 0 Å². The third-order valence-corrected chi connectivity index (χ3v) is 4.87. The van der Waals surface area contributed by atoms with Crippen LogP contribution in [-0.2, 0) is 10.0 Å². The molecule has 0 saturated heterocycles. The van der Waals surface area contributed by atoms with Crippen molar-refractivity contribution in [1.29, 1.82) is 0 Å². The predicted molar refractivity (Wildman–Crippen MR) is 83.6 cm³/mol. The van der Waals surface area contributed by atoms with E-state index >= 15 is 0 Å². The highest BCUT2D eigenvalue weighted by molar-refractivity contribution is 7.89. The number of nitrogens with zero attached hydrogens (tertiary/aromatic N) is 3. The Morgan fingerprint density at radius 3 is 2.48 bits per heavy atom. The van der Waals surface area contributed by atoms with E-state index in [1.807, 2.05) is 0 Å². The topological polar surface area (TPSA) is 76.4 Å². The van der Waals surface area contributed by atoms with Crippen molar-refractivity contribution in [2.45, 2.75) is 17.2 Å². The van der Waals surface area contributed by atoms with E-state index in [9.17, 15) is 21.6 Å². The SMILES string of the molecule is O=S(=O)(N[C@H](c1ccc(Cl)cc1)C(F)(F)F)c1cn2ccncc2n1. The van der Waals surface area contributed by atoms with Gasteiger partial charge in [0.15, 0.2) is 10.7 Å². The number of aromatic nitrogens is 3. The van der Waals surface area contributed by atoms with Gasteiger partial charge in [0.1, 0.15) is 6.04 Å². The van der Waals surface area contributed by atoms with Crippen LogP contribution in [0.3, 0.4) is 0 Å². The fraction of sp³-hybridized carbons (Fsp3) is 0.143. The molecule has 0 aliphatic rings. The summed E-state index contributed by atoms with van der Waals surface area (Å²) < 4.78 is 67.8. The van der Waals surface area contributed by atoms with Gasteiger partial charge in [-0.1, -0.05) is 23.7 Å². The predicted octanol–water partition coefficient (Wildman–Crippen LogP) is 2.96. The highest BCUT2D eigenvalue weighted by Crippen LogP contribution is 2.34. The van der Waals surface area contributed by atoms with Crippen LogP contribution in [0.1, 0.15) is 11.6 Å². The van der Waals surface area contributed by atoms with Gasteiger partial charge in [0.05, 0.1) is 6.20 Å². The molecular weight excluding hydrogens is 381 g/mol. The van der Waals surface area contributed by atoms with Crippen LogP contribution >= 0.6 is 11.6 Å². The van der Waals surface area contributed by atoms with Crippen molar-refractivity contribution in [2.24, 2.45) is 0 Å². The highest BCUT2D eigenvalue weighted by atomic mass is 35.5. The maximum Gasteiger partial charge on any atom is 0.408 e. The smallest absolute Gasteiger partial charge is 0.303 e. The molecule has 11 heteroatoms. The van der Waals surface area contributed by atoms with Crippen LogP contribution in [0, 0.1) is 0 Å². The van der Waals surface area contributed by atoms with Gasteiger partial charge in [-0.2, -0.15) is 17.9 Å². The zero-order chi connectivity index (χ0) is 18.2. The molecule has 0 fully saturated rings. The molecule has 132 valence electrons. The number of alkyl halides is 3. The Bertz CT molecular complexity index is 970. The lowest BCUT2D eigenvalue weighted by atomic mass is 10.1. The summed E-state index contributed by atoms with van der Waals surface area (Å²) in [6, 6.07) is 2.28. The fourth-order valence-electron chi connectivity index (χ4n) is 2.14. The summed E-state index contributed by atoms with van der Waals surface area (Å²) in [7, 11) is -4.53. The molecule has 0 bridgehead atoms. The molecule has 1 N–H and O–H groups in total. The molecule has 2 heterocycles. The average Bonchev–Trinajstić information content (AvgIpc) is 2.98. The number of hydrogen-bond acceptors (Lipinski definition) is 4. The molecule has 2 aromatic heterocycles. The number of rotatable bonds is 4. The first-order valence-corrected chi connectivity index (χ1v) is 8.66. The zero-order valence-electron chi connectivity index (χ0n) is 12.3. The first kappa shape index (κ1) is 17.6. The summed E-state index contributed by atoms with van der Waals surface area (Å²) in [6.07, 6.45) is 0.377. The first-order valence-electron chi connectivity index (χ1n) is 6.80. The monoisotopic (exact) mass is 390 g/mol. The van der Waals surface area contributed by atoms with E-state index in [1.165, 1.54) is 35.1 Å². The molecule has 0 aliphatic heterocycles. The summed E-state index contributed by atoms with van der Waals surface area (Å²) in [5.74, 6) is 0. The van der Waals surface area contributed by atoms with Crippen molar-refractivity contribution in [2.75, 3.05) is 0 Å². The van der Waals surface area contributed by atoms with Crippen LogP contribution in [0.25, 0.3) is 5.65 Å². The number of hydrogen-bond donors (Lipinski definition) is 1. The highest BCUT2D eigenvalue weighted by Gasteiger charge is 2.43. The molecule has 0 aliphatic carbocycles. The van der Waals surface area contributed by atoms with Crippen molar-refractivity contribution in [3.05, 3.63) is 59.6 Å². The summed E-state index contributed by atoms with van der Waals surface area (Å²) >= 11 is 5.67. The van der Waals surface area contributed by atoms with Crippen LogP contribution in [0.15, 0.2) is 54.1 Å². The molecule has 1 aromatic carbocycles. The second-order valence-corrected chi connectivity index (χ2v) is 7.17. The summed E-state index contributed by atoms with van der Waals surface area (Å²) in [6.45, 7) is 0. The second kappa shape index (κ2) is 6.28. The Morgan fingerprint density at radius 2 is 1.88 bits per heavy atom. The molecule has 6 nitrogen and oxygen atoms in total. The number of benzene rings is 1. The van der Waals surface area contributed by atoms with Gasteiger partial charge in [0.25, 0.3) is 10.0 Å². The van der Waals surface area contributed by atoms with E-state index in [-0.39, 0.29) is 16.2 Å². The standard InChI is InChI=1S/C14H10ClF3N4O2S/c15-10-3-1-9(2-4-10)13(14(16,17)18)21-25(23,24)12-8-22-6-5-19-7-11(22)20-12/h1-8,13,21H/t13-/m1/s1. The van der Waals surface area contributed by atoms with Crippen LogP contribution in [-0.4, -0.2) is 29.0 Å². The number of sulfonamides is 1. The molecule has 0 amide bonds. The zero-order valence-corrected chi connectivity index (χ0v) is 13.8. The van der Waals surface area contributed by atoms with Gasteiger partial charge in [-0.25, -0.2) is 13.4 Å². The lowest BCUT2D eigenvalue weighted by Gasteiger charge is -2.21. The van der Waals surface area contributed by atoms with Gasteiger partial charge in [0, 0.05) is 23.6 Å². The quantitative estimate of drug-likeness (QED) is 0.743. The molecule has 0 saturated carbocycles. The Kier molecular flexibility index (Phi) is 4.43. The molecule has 3 rings (SSSR count). The molecule has 0 spiro atoms. The maximum absolute atomic E-state index is 13.4. The van der Waals surface area contributed by atoms with Gasteiger partial charge >= 0.3 is 6.18 Å². The van der Waals surface area contributed by atoms with E-state index in [1.54, 1.807) is 4.72 Å². The van der Waals surface area contributed by atoms with E-state index in [0.717, 1.165) is 18.3 Å². The van der Waals surface area contributed by atoms with Gasteiger partial charge < -0.3 is 4.40 Å². The number of imidazole rings is 1. The van der Waals surface area contributed by atoms with E-state index in [4.69, 9.17) is 11.6 Å². The Morgan fingerprint density at radius 1 is 1.20 bits per heavy atom. The van der Waals surface area contributed by atoms with Gasteiger partial charge in [0.2, 0.25) is 0 Å².